The second-order valence-electron chi connectivity index (χ2n) is 10.8. The topological polar surface area (TPSA) is 114 Å². The van der Waals surface area contributed by atoms with Gasteiger partial charge in [0.15, 0.2) is 11.5 Å². The normalized spacial score (nSPS) is 17.6. The van der Waals surface area contributed by atoms with E-state index in [1.54, 1.807) is 26.0 Å². The molecule has 1 saturated heterocycles. The zero-order valence-corrected chi connectivity index (χ0v) is 24.7. The third-order valence-corrected chi connectivity index (χ3v) is 8.56. The molecule has 2 heterocycles. The largest absolute Gasteiger partial charge is 0.493 e. The number of nitrogens with zero attached hydrogens (tertiary/aromatic N) is 3. The highest BCUT2D eigenvalue weighted by Gasteiger charge is 2.49. The summed E-state index contributed by atoms with van der Waals surface area (Å²) < 4.78 is 82.4. The van der Waals surface area contributed by atoms with Crippen molar-refractivity contribution < 1.29 is 36.2 Å². The molecule has 1 aromatic heterocycles. The summed E-state index contributed by atoms with van der Waals surface area (Å²) in [6.07, 6.45) is 2.56. The molecule has 0 radical (unpaired) electrons. The lowest BCUT2D eigenvalue weighted by Crippen LogP contribution is -2.41. The number of benzene rings is 2. The van der Waals surface area contributed by atoms with E-state index in [1.807, 2.05) is 0 Å². The van der Waals surface area contributed by atoms with Gasteiger partial charge in [-0.2, -0.15) is 13.1 Å². The molecule has 1 aliphatic rings. The maximum atomic E-state index is 15.4. The minimum Gasteiger partial charge on any atom is -0.493 e. The van der Waals surface area contributed by atoms with Crippen molar-refractivity contribution in [2.24, 2.45) is 0 Å². The Labute approximate surface area is 237 Å². The fourth-order valence-electron chi connectivity index (χ4n) is 4.97. The Kier molecular flexibility index (Phi) is 8.45. The fraction of sp³-hybridized carbons (Fsp3) is 0.500. The SMILES string of the molecule is COc1cc2nc(C)nc(N[C@H](C)c3cccc(C(F)(F)C(C)(C)O)c3F)c2cc1OC[C@@H]1CCCN1S(C)(=O)=O. The van der Waals surface area contributed by atoms with Gasteiger partial charge in [-0.15, -0.1) is 0 Å². The lowest BCUT2D eigenvalue weighted by Gasteiger charge is -2.30. The molecule has 0 spiro atoms. The van der Waals surface area contributed by atoms with Gasteiger partial charge in [-0.05, 0) is 52.7 Å². The molecule has 0 bridgehead atoms. The van der Waals surface area contributed by atoms with Gasteiger partial charge in [0.2, 0.25) is 10.0 Å². The Bertz CT molecular complexity index is 1550. The maximum Gasteiger partial charge on any atom is 0.303 e. The molecule has 0 aliphatic carbocycles. The van der Waals surface area contributed by atoms with Crippen LogP contribution in [0.2, 0.25) is 0 Å². The lowest BCUT2D eigenvalue weighted by molar-refractivity contribution is -0.170. The number of fused-ring (bicyclic) bond motifs is 1. The van der Waals surface area contributed by atoms with Crippen molar-refractivity contribution in [3.05, 3.63) is 53.1 Å². The van der Waals surface area contributed by atoms with Crippen LogP contribution in [0.1, 0.15) is 56.6 Å². The Morgan fingerprint density at radius 3 is 2.56 bits per heavy atom. The number of ether oxygens (including phenoxy) is 2. The smallest absolute Gasteiger partial charge is 0.303 e. The summed E-state index contributed by atoms with van der Waals surface area (Å²) in [4.78, 5) is 8.93. The summed E-state index contributed by atoms with van der Waals surface area (Å²) in [5.41, 5.74) is -2.92. The molecule has 0 saturated carbocycles. The van der Waals surface area contributed by atoms with Gasteiger partial charge in [0.25, 0.3) is 0 Å². The van der Waals surface area contributed by atoms with Gasteiger partial charge in [-0.25, -0.2) is 22.8 Å². The van der Waals surface area contributed by atoms with Crippen molar-refractivity contribution in [1.82, 2.24) is 14.3 Å². The fourth-order valence-corrected chi connectivity index (χ4v) is 6.14. The van der Waals surface area contributed by atoms with Crippen LogP contribution in [0.3, 0.4) is 0 Å². The van der Waals surface area contributed by atoms with E-state index in [9.17, 15) is 22.3 Å². The van der Waals surface area contributed by atoms with Crippen molar-refractivity contribution in [1.29, 1.82) is 0 Å². The van der Waals surface area contributed by atoms with E-state index in [1.165, 1.54) is 29.8 Å². The molecule has 1 aliphatic heterocycles. The quantitative estimate of drug-likeness (QED) is 0.339. The number of halogens is 3. The maximum absolute atomic E-state index is 15.4. The molecule has 3 aromatic rings. The average molecular weight is 597 g/mol. The Morgan fingerprint density at radius 2 is 1.93 bits per heavy atom. The van der Waals surface area contributed by atoms with Crippen molar-refractivity contribution in [2.45, 2.75) is 64.1 Å². The Hall–Kier alpha value is -3.16. The first-order valence-electron chi connectivity index (χ1n) is 13.2. The molecule has 224 valence electrons. The second kappa shape index (κ2) is 11.3. The summed E-state index contributed by atoms with van der Waals surface area (Å²) in [6, 6.07) is 5.83. The van der Waals surface area contributed by atoms with Crippen LogP contribution < -0.4 is 14.8 Å². The summed E-state index contributed by atoms with van der Waals surface area (Å²) in [7, 11) is -1.91. The van der Waals surface area contributed by atoms with Gasteiger partial charge in [-0.3, -0.25) is 0 Å². The van der Waals surface area contributed by atoms with Crippen LogP contribution in [0.5, 0.6) is 11.5 Å². The van der Waals surface area contributed by atoms with Gasteiger partial charge < -0.3 is 19.9 Å². The van der Waals surface area contributed by atoms with Gasteiger partial charge >= 0.3 is 5.92 Å². The van der Waals surface area contributed by atoms with Gasteiger partial charge in [0.05, 0.1) is 36.5 Å². The highest BCUT2D eigenvalue weighted by Crippen LogP contribution is 2.42. The van der Waals surface area contributed by atoms with E-state index in [0.717, 1.165) is 26.3 Å². The molecule has 13 heteroatoms. The van der Waals surface area contributed by atoms with Crippen LogP contribution in [-0.4, -0.2) is 66.0 Å². The van der Waals surface area contributed by atoms with Crippen LogP contribution in [0.4, 0.5) is 19.0 Å². The first-order valence-corrected chi connectivity index (χ1v) is 15.0. The van der Waals surface area contributed by atoms with Gasteiger partial charge in [0.1, 0.15) is 29.7 Å². The summed E-state index contributed by atoms with van der Waals surface area (Å²) in [6.45, 7) is 5.67. The minimum absolute atomic E-state index is 0.0390. The molecule has 2 N–H and O–H groups in total. The third kappa shape index (κ3) is 6.21. The molecule has 0 unspecified atom stereocenters. The van der Waals surface area contributed by atoms with E-state index < -0.39 is 39.0 Å². The highest BCUT2D eigenvalue weighted by atomic mass is 32.2. The monoisotopic (exact) mass is 596 g/mol. The number of rotatable bonds is 10. The predicted octanol–water partition coefficient (Wildman–Crippen LogP) is 4.92. The van der Waals surface area contributed by atoms with Crippen LogP contribution in [0.25, 0.3) is 10.9 Å². The van der Waals surface area contributed by atoms with Crippen molar-refractivity contribution >= 4 is 26.7 Å². The first-order chi connectivity index (χ1) is 19.0. The van der Waals surface area contributed by atoms with Gasteiger partial charge in [-0.1, -0.05) is 12.1 Å². The number of hydrogen-bond acceptors (Lipinski definition) is 8. The second-order valence-corrected chi connectivity index (χ2v) is 12.8. The predicted molar refractivity (Wildman–Crippen MR) is 150 cm³/mol. The molecule has 9 nitrogen and oxygen atoms in total. The highest BCUT2D eigenvalue weighted by molar-refractivity contribution is 7.88. The zero-order valence-electron chi connectivity index (χ0n) is 23.8. The number of methoxy groups -OCH3 is 1. The van der Waals surface area contributed by atoms with E-state index in [-0.39, 0.29) is 18.2 Å². The molecule has 0 amide bonds. The Morgan fingerprint density at radius 1 is 1.22 bits per heavy atom. The Balaban J connectivity index is 1.68. The minimum atomic E-state index is -3.83. The number of sulfonamides is 1. The molecule has 2 aromatic carbocycles. The number of aliphatic hydroxyl groups is 1. The third-order valence-electron chi connectivity index (χ3n) is 7.23. The van der Waals surface area contributed by atoms with E-state index in [4.69, 9.17) is 9.47 Å². The van der Waals surface area contributed by atoms with Crippen molar-refractivity contribution in [3.8, 4) is 11.5 Å². The standard InChI is InChI=1S/C28H35F3N4O5S/c1-16(19-10-7-11-21(25(19)29)28(30,31)27(3,4)36)32-26-20-13-24(23(39-5)14-22(20)33-17(2)34-26)40-15-18-9-8-12-35(18)41(6,37)38/h7,10-11,13-14,16,18,36H,8-9,12,15H2,1-6H3,(H,32,33,34)/t16-,18+/m1/s1. The van der Waals surface area contributed by atoms with Crippen molar-refractivity contribution in [3.63, 3.8) is 0 Å². The zero-order chi connectivity index (χ0) is 30.3. The molecule has 41 heavy (non-hydrogen) atoms. The summed E-state index contributed by atoms with van der Waals surface area (Å²) in [5.74, 6) is -3.54. The number of nitrogens with one attached hydrogen (secondary N) is 1. The summed E-state index contributed by atoms with van der Waals surface area (Å²) >= 11 is 0. The summed E-state index contributed by atoms with van der Waals surface area (Å²) in [5, 5.41) is 13.6. The first kappa shape index (κ1) is 30.8. The van der Waals surface area contributed by atoms with Crippen LogP contribution in [0.15, 0.2) is 30.3 Å². The molecular weight excluding hydrogens is 561 g/mol. The van der Waals surface area contributed by atoms with Crippen LogP contribution >= 0.6 is 0 Å². The number of hydrogen-bond donors (Lipinski definition) is 2. The van der Waals surface area contributed by atoms with Gasteiger partial charge in [0, 0.05) is 23.6 Å². The molecule has 4 rings (SSSR count). The number of aryl methyl sites for hydroxylation is 1. The van der Waals surface area contributed by atoms with E-state index in [2.05, 4.69) is 15.3 Å². The molecular formula is C28H35F3N4O5S. The number of alkyl halides is 2. The van der Waals surface area contributed by atoms with Crippen LogP contribution in [-0.2, 0) is 15.9 Å². The average Bonchev–Trinajstić information content (AvgIpc) is 3.36. The lowest BCUT2D eigenvalue weighted by atomic mass is 9.91. The number of aromatic nitrogens is 2. The number of anilines is 1. The van der Waals surface area contributed by atoms with E-state index >= 15 is 4.39 Å². The molecule has 1 fully saturated rings. The van der Waals surface area contributed by atoms with Crippen molar-refractivity contribution in [2.75, 3.05) is 31.8 Å². The van der Waals surface area contributed by atoms with Crippen LogP contribution in [0, 0.1) is 12.7 Å². The molecule has 2 atom stereocenters. The van der Waals surface area contributed by atoms with E-state index in [0.29, 0.717) is 47.0 Å².